The lowest BCUT2D eigenvalue weighted by atomic mass is 10.1. The molecule has 1 aromatic rings. The first-order chi connectivity index (χ1) is 9.70. The number of amides is 1. The predicted octanol–water partition coefficient (Wildman–Crippen LogP) is 3.38. The van der Waals surface area contributed by atoms with Crippen LogP contribution in [0.1, 0.15) is 51.1 Å². The van der Waals surface area contributed by atoms with Gasteiger partial charge in [0.2, 0.25) is 5.91 Å². The Morgan fingerprint density at radius 3 is 2.55 bits per heavy atom. The highest BCUT2D eigenvalue weighted by atomic mass is 16.2. The average Bonchev–Trinajstić information content (AvgIpc) is 2.48. The SMILES string of the molecule is CCCCN(C(=O)CCCNC)C(C)c1ccccc1. The lowest BCUT2D eigenvalue weighted by Gasteiger charge is -2.30. The van der Waals surface area contributed by atoms with Gasteiger partial charge in [-0.1, -0.05) is 43.7 Å². The lowest BCUT2D eigenvalue weighted by molar-refractivity contribution is -0.133. The molecule has 1 unspecified atom stereocenters. The summed E-state index contributed by atoms with van der Waals surface area (Å²) in [6, 6.07) is 10.4. The summed E-state index contributed by atoms with van der Waals surface area (Å²) in [7, 11) is 1.92. The van der Waals surface area contributed by atoms with Crippen molar-refractivity contribution in [3.05, 3.63) is 35.9 Å². The molecule has 1 N–H and O–H groups in total. The molecule has 112 valence electrons. The number of nitrogens with one attached hydrogen (secondary N) is 1. The second-order valence-corrected chi connectivity index (χ2v) is 5.23. The summed E-state index contributed by atoms with van der Waals surface area (Å²) in [6.45, 7) is 6.04. The van der Waals surface area contributed by atoms with Gasteiger partial charge in [0, 0.05) is 13.0 Å². The molecule has 0 bridgehead atoms. The largest absolute Gasteiger partial charge is 0.336 e. The Labute approximate surface area is 123 Å². The molecule has 20 heavy (non-hydrogen) atoms. The van der Waals surface area contributed by atoms with Crippen molar-refractivity contribution in [1.29, 1.82) is 0 Å². The number of carbonyl (C=O) groups is 1. The number of rotatable bonds is 9. The van der Waals surface area contributed by atoms with Crippen molar-refractivity contribution in [2.75, 3.05) is 20.1 Å². The normalized spacial score (nSPS) is 12.2. The van der Waals surface area contributed by atoms with Crippen LogP contribution in [0.4, 0.5) is 0 Å². The van der Waals surface area contributed by atoms with E-state index in [0.717, 1.165) is 32.4 Å². The zero-order valence-corrected chi connectivity index (χ0v) is 13.1. The van der Waals surface area contributed by atoms with Gasteiger partial charge in [-0.2, -0.15) is 0 Å². The predicted molar refractivity (Wildman–Crippen MR) is 84.6 cm³/mol. The molecule has 0 fully saturated rings. The molecule has 1 rings (SSSR count). The summed E-state index contributed by atoms with van der Waals surface area (Å²) in [6.07, 6.45) is 3.71. The van der Waals surface area contributed by atoms with E-state index in [-0.39, 0.29) is 11.9 Å². The Hall–Kier alpha value is -1.35. The molecule has 0 saturated carbocycles. The van der Waals surface area contributed by atoms with E-state index < -0.39 is 0 Å². The maximum atomic E-state index is 12.4. The molecule has 1 amide bonds. The first-order valence-corrected chi connectivity index (χ1v) is 7.69. The van der Waals surface area contributed by atoms with Crippen LogP contribution in [0, 0.1) is 0 Å². The molecule has 0 aromatic heterocycles. The van der Waals surface area contributed by atoms with E-state index in [2.05, 4.69) is 31.3 Å². The van der Waals surface area contributed by atoms with E-state index in [9.17, 15) is 4.79 Å². The van der Waals surface area contributed by atoms with E-state index in [4.69, 9.17) is 0 Å². The van der Waals surface area contributed by atoms with Gasteiger partial charge in [-0.3, -0.25) is 4.79 Å². The molecule has 3 heteroatoms. The number of benzene rings is 1. The van der Waals surface area contributed by atoms with Crippen molar-refractivity contribution in [1.82, 2.24) is 10.2 Å². The molecule has 0 aliphatic rings. The Morgan fingerprint density at radius 1 is 1.25 bits per heavy atom. The van der Waals surface area contributed by atoms with Gasteiger partial charge in [0.05, 0.1) is 6.04 Å². The summed E-state index contributed by atoms with van der Waals surface area (Å²) in [5.74, 6) is 0.269. The minimum atomic E-state index is 0.157. The zero-order chi connectivity index (χ0) is 14.8. The molecule has 0 spiro atoms. The van der Waals surface area contributed by atoms with Crippen molar-refractivity contribution in [3.8, 4) is 0 Å². The Morgan fingerprint density at radius 2 is 1.95 bits per heavy atom. The topological polar surface area (TPSA) is 32.3 Å². The van der Waals surface area contributed by atoms with Gasteiger partial charge in [0.25, 0.3) is 0 Å². The highest BCUT2D eigenvalue weighted by Gasteiger charge is 2.20. The van der Waals surface area contributed by atoms with Gasteiger partial charge in [-0.25, -0.2) is 0 Å². The molecule has 0 saturated heterocycles. The number of unbranched alkanes of at least 4 members (excludes halogenated alkanes) is 1. The summed E-state index contributed by atoms with van der Waals surface area (Å²) in [5.41, 5.74) is 1.21. The second kappa shape index (κ2) is 9.54. The molecular weight excluding hydrogens is 248 g/mol. The van der Waals surface area contributed by atoms with Crippen LogP contribution in [0.25, 0.3) is 0 Å². The zero-order valence-electron chi connectivity index (χ0n) is 13.1. The molecule has 0 heterocycles. The second-order valence-electron chi connectivity index (χ2n) is 5.23. The van der Waals surface area contributed by atoms with E-state index in [0.29, 0.717) is 6.42 Å². The fourth-order valence-corrected chi connectivity index (χ4v) is 2.33. The van der Waals surface area contributed by atoms with Crippen molar-refractivity contribution in [2.24, 2.45) is 0 Å². The monoisotopic (exact) mass is 276 g/mol. The van der Waals surface area contributed by atoms with Gasteiger partial charge in [-0.05, 0) is 38.9 Å². The maximum Gasteiger partial charge on any atom is 0.223 e. The Kier molecular flexibility index (Phi) is 7.97. The van der Waals surface area contributed by atoms with Crippen LogP contribution in [0.5, 0.6) is 0 Å². The van der Waals surface area contributed by atoms with Crippen LogP contribution in [0.15, 0.2) is 30.3 Å². The highest BCUT2D eigenvalue weighted by Crippen LogP contribution is 2.21. The third kappa shape index (κ3) is 5.33. The third-order valence-electron chi connectivity index (χ3n) is 3.64. The summed E-state index contributed by atoms with van der Waals surface area (Å²) in [4.78, 5) is 14.5. The molecule has 0 aliphatic heterocycles. The Bertz CT molecular complexity index is 378. The van der Waals surface area contributed by atoms with Gasteiger partial charge >= 0.3 is 0 Å². The van der Waals surface area contributed by atoms with Gasteiger partial charge < -0.3 is 10.2 Å². The number of carbonyl (C=O) groups excluding carboxylic acids is 1. The van der Waals surface area contributed by atoms with Crippen molar-refractivity contribution in [2.45, 2.75) is 45.6 Å². The average molecular weight is 276 g/mol. The first kappa shape index (κ1) is 16.7. The maximum absolute atomic E-state index is 12.4. The van der Waals surface area contributed by atoms with Crippen LogP contribution in [0.2, 0.25) is 0 Å². The van der Waals surface area contributed by atoms with Crippen LogP contribution in [-0.4, -0.2) is 30.9 Å². The van der Waals surface area contributed by atoms with Crippen molar-refractivity contribution in [3.63, 3.8) is 0 Å². The molecule has 1 atom stereocenters. The minimum Gasteiger partial charge on any atom is -0.336 e. The first-order valence-electron chi connectivity index (χ1n) is 7.69. The van der Waals surface area contributed by atoms with E-state index in [1.165, 1.54) is 5.56 Å². The quantitative estimate of drug-likeness (QED) is 0.701. The molecular formula is C17H28N2O. The van der Waals surface area contributed by atoms with E-state index >= 15 is 0 Å². The molecule has 0 radical (unpaired) electrons. The summed E-state index contributed by atoms with van der Waals surface area (Å²) >= 11 is 0. The molecule has 3 nitrogen and oxygen atoms in total. The molecule has 0 aliphatic carbocycles. The summed E-state index contributed by atoms with van der Waals surface area (Å²) in [5, 5.41) is 3.10. The Balaban J connectivity index is 2.69. The lowest BCUT2D eigenvalue weighted by Crippen LogP contribution is -2.34. The van der Waals surface area contributed by atoms with Crippen LogP contribution in [0.3, 0.4) is 0 Å². The number of hydrogen-bond acceptors (Lipinski definition) is 2. The van der Waals surface area contributed by atoms with Crippen LogP contribution < -0.4 is 5.32 Å². The highest BCUT2D eigenvalue weighted by molar-refractivity contribution is 5.76. The summed E-state index contributed by atoms with van der Waals surface area (Å²) < 4.78 is 0. The minimum absolute atomic E-state index is 0.157. The van der Waals surface area contributed by atoms with Gasteiger partial charge in [0.1, 0.15) is 0 Å². The van der Waals surface area contributed by atoms with E-state index in [1.54, 1.807) is 0 Å². The standard InChI is InChI=1S/C17H28N2O/c1-4-5-14-19(17(20)12-9-13-18-3)15(2)16-10-7-6-8-11-16/h6-8,10-11,15,18H,4-5,9,12-14H2,1-3H3. The van der Waals surface area contributed by atoms with Crippen molar-refractivity contribution >= 4 is 5.91 Å². The van der Waals surface area contributed by atoms with Crippen LogP contribution in [-0.2, 0) is 4.79 Å². The molecule has 1 aromatic carbocycles. The third-order valence-corrected chi connectivity index (χ3v) is 3.64. The van der Waals surface area contributed by atoms with Crippen molar-refractivity contribution < 1.29 is 4.79 Å². The number of hydrogen-bond donors (Lipinski definition) is 1. The van der Waals surface area contributed by atoms with Gasteiger partial charge in [-0.15, -0.1) is 0 Å². The fraction of sp³-hybridized carbons (Fsp3) is 0.588. The van der Waals surface area contributed by atoms with Gasteiger partial charge in [0.15, 0.2) is 0 Å². The fourth-order valence-electron chi connectivity index (χ4n) is 2.33. The number of nitrogens with zero attached hydrogens (tertiary/aromatic N) is 1. The van der Waals surface area contributed by atoms with E-state index in [1.807, 2.05) is 30.1 Å². The van der Waals surface area contributed by atoms with Crippen LogP contribution >= 0.6 is 0 Å². The smallest absolute Gasteiger partial charge is 0.223 e.